The average Bonchev–Trinajstić information content (AvgIpc) is 3.08. The third kappa shape index (κ3) is 2.18. The predicted octanol–water partition coefficient (Wildman–Crippen LogP) is 3.32. The molecule has 2 saturated heterocycles. The van der Waals surface area contributed by atoms with Crippen molar-refractivity contribution < 1.29 is 4.79 Å². The zero-order valence-electron chi connectivity index (χ0n) is 12.6. The van der Waals surface area contributed by atoms with Crippen LogP contribution < -0.4 is 0 Å². The van der Waals surface area contributed by atoms with Crippen molar-refractivity contribution in [3.63, 3.8) is 0 Å². The van der Waals surface area contributed by atoms with Gasteiger partial charge in [0.25, 0.3) is 0 Å². The van der Waals surface area contributed by atoms with Gasteiger partial charge in [0, 0.05) is 12.6 Å². The highest BCUT2D eigenvalue weighted by Crippen LogP contribution is 2.42. The maximum absolute atomic E-state index is 13.1. The molecule has 0 unspecified atom stereocenters. The highest BCUT2D eigenvalue weighted by Gasteiger charge is 2.50. The van der Waals surface area contributed by atoms with Crippen LogP contribution >= 0.6 is 0 Å². The molecule has 4 rings (SSSR count). The second-order valence-corrected chi connectivity index (χ2v) is 6.71. The lowest BCUT2D eigenvalue weighted by Gasteiger charge is -2.35. The minimum atomic E-state index is -0.0272. The quantitative estimate of drug-likeness (QED) is 0.831. The van der Waals surface area contributed by atoms with Crippen molar-refractivity contribution >= 4 is 5.91 Å². The Balaban J connectivity index is 1.65. The molecular weight excluding hydrogens is 260 g/mol. The van der Waals surface area contributed by atoms with E-state index in [1.54, 1.807) is 0 Å². The molecule has 1 aliphatic carbocycles. The SMILES string of the molecule is O=C1[C@@H](c2ccccc2)N2CCC[C@@H]2N1C1CCCCC1. The molecule has 3 nitrogen and oxygen atoms in total. The van der Waals surface area contributed by atoms with Crippen molar-refractivity contribution in [2.75, 3.05) is 6.54 Å². The van der Waals surface area contributed by atoms with Crippen LogP contribution in [0.4, 0.5) is 0 Å². The van der Waals surface area contributed by atoms with Crippen molar-refractivity contribution in [1.82, 2.24) is 9.80 Å². The van der Waals surface area contributed by atoms with Crippen molar-refractivity contribution in [1.29, 1.82) is 0 Å². The number of rotatable bonds is 2. The summed E-state index contributed by atoms with van der Waals surface area (Å²) in [5.41, 5.74) is 1.17. The van der Waals surface area contributed by atoms with E-state index in [-0.39, 0.29) is 6.04 Å². The molecule has 0 spiro atoms. The topological polar surface area (TPSA) is 23.6 Å². The van der Waals surface area contributed by atoms with Gasteiger partial charge >= 0.3 is 0 Å². The third-order valence-corrected chi connectivity index (χ3v) is 5.49. The third-order valence-electron chi connectivity index (χ3n) is 5.49. The van der Waals surface area contributed by atoms with Crippen LogP contribution in [0.3, 0.4) is 0 Å². The molecule has 1 aromatic carbocycles. The zero-order chi connectivity index (χ0) is 14.2. The standard InChI is InChI=1S/C18H24N2O/c21-18-17(14-8-3-1-4-9-14)19-13-7-12-16(19)20(18)15-10-5-2-6-11-15/h1,3-4,8-9,15-17H,2,5-7,10-13H2/t16-,17+/m0/s1. The van der Waals surface area contributed by atoms with Crippen molar-refractivity contribution in [3.8, 4) is 0 Å². The molecule has 2 atom stereocenters. The molecule has 1 aromatic rings. The molecular formula is C18H24N2O. The van der Waals surface area contributed by atoms with Gasteiger partial charge in [-0.25, -0.2) is 0 Å². The lowest BCUT2D eigenvalue weighted by atomic mass is 9.93. The number of benzene rings is 1. The van der Waals surface area contributed by atoms with Crippen molar-refractivity contribution in [2.45, 2.75) is 63.2 Å². The maximum atomic E-state index is 13.1. The summed E-state index contributed by atoms with van der Waals surface area (Å²) < 4.78 is 0. The molecule has 2 aliphatic heterocycles. The number of amides is 1. The molecule has 0 bridgehead atoms. The Labute approximate surface area is 126 Å². The van der Waals surface area contributed by atoms with Crippen LogP contribution in [0.25, 0.3) is 0 Å². The Kier molecular flexibility index (Phi) is 3.46. The van der Waals surface area contributed by atoms with E-state index in [2.05, 4.69) is 34.1 Å². The van der Waals surface area contributed by atoms with Crippen LogP contribution in [0.1, 0.15) is 56.6 Å². The van der Waals surface area contributed by atoms with Gasteiger partial charge in [0.1, 0.15) is 6.04 Å². The molecule has 3 fully saturated rings. The molecule has 3 heteroatoms. The van der Waals surface area contributed by atoms with E-state index in [4.69, 9.17) is 0 Å². The zero-order valence-corrected chi connectivity index (χ0v) is 12.6. The Bertz CT molecular complexity index is 509. The Morgan fingerprint density at radius 1 is 0.905 bits per heavy atom. The van der Waals surface area contributed by atoms with Crippen LogP contribution in [-0.4, -0.2) is 34.5 Å². The molecule has 112 valence electrons. The summed E-state index contributed by atoms with van der Waals surface area (Å²) in [7, 11) is 0. The number of carbonyl (C=O) groups is 1. The summed E-state index contributed by atoms with van der Waals surface area (Å²) in [6.07, 6.45) is 9.08. The van der Waals surface area contributed by atoms with E-state index in [0.717, 1.165) is 13.0 Å². The summed E-state index contributed by atoms with van der Waals surface area (Å²) >= 11 is 0. The largest absolute Gasteiger partial charge is 0.322 e. The van der Waals surface area contributed by atoms with Gasteiger partial charge in [0.05, 0.1) is 6.17 Å². The highest BCUT2D eigenvalue weighted by atomic mass is 16.2. The predicted molar refractivity (Wildman–Crippen MR) is 82.6 cm³/mol. The van der Waals surface area contributed by atoms with E-state index in [1.165, 1.54) is 44.1 Å². The van der Waals surface area contributed by atoms with Crippen LogP contribution in [-0.2, 0) is 4.79 Å². The lowest BCUT2D eigenvalue weighted by molar-refractivity contribution is -0.133. The summed E-state index contributed by atoms with van der Waals surface area (Å²) in [6.45, 7) is 1.07. The number of carbonyl (C=O) groups excluding carboxylic acids is 1. The fourth-order valence-corrected chi connectivity index (χ4v) is 4.55. The molecule has 2 heterocycles. The van der Waals surface area contributed by atoms with Crippen LogP contribution in [0.15, 0.2) is 30.3 Å². The van der Waals surface area contributed by atoms with Gasteiger partial charge in [-0.1, -0.05) is 49.6 Å². The summed E-state index contributed by atoms with van der Waals surface area (Å²) in [6, 6.07) is 10.8. The number of fused-ring (bicyclic) bond motifs is 1. The molecule has 3 aliphatic rings. The minimum Gasteiger partial charge on any atom is -0.322 e. The molecule has 21 heavy (non-hydrogen) atoms. The van der Waals surface area contributed by atoms with E-state index < -0.39 is 0 Å². The van der Waals surface area contributed by atoms with E-state index in [1.807, 2.05) is 6.07 Å². The highest BCUT2D eigenvalue weighted by molar-refractivity contribution is 5.86. The van der Waals surface area contributed by atoms with Crippen molar-refractivity contribution in [2.24, 2.45) is 0 Å². The van der Waals surface area contributed by atoms with Crippen molar-refractivity contribution in [3.05, 3.63) is 35.9 Å². The molecule has 1 saturated carbocycles. The fraction of sp³-hybridized carbons (Fsp3) is 0.611. The van der Waals surface area contributed by atoms with E-state index in [0.29, 0.717) is 18.1 Å². The Morgan fingerprint density at radius 2 is 1.67 bits per heavy atom. The lowest BCUT2D eigenvalue weighted by Crippen LogP contribution is -2.44. The molecule has 0 aromatic heterocycles. The first-order valence-electron chi connectivity index (χ1n) is 8.49. The Morgan fingerprint density at radius 3 is 2.43 bits per heavy atom. The molecule has 1 amide bonds. The minimum absolute atomic E-state index is 0.0272. The normalized spacial score (nSPS) is 30.9. The average molecular weight is 284 g/mol. The van der Waals surface area contributed by atoms with Gasteiger partial charge in [-0.2, -0.15) is 0 Å². The number of hydrogen-bond donors (Lipinski definition) is 0. The Hall–Kier alpha value is -1.35. The maximum Gasteiger partial charge on any atom is 0.246 e. The summed E-state index contributed by atoms with van der Waals surface area (Å²) in [4.78, 5) is 17.8. The first-order chi connectivity index (χ1) is 10.4. The molecule has 0 radical (unpaired) electrons. The summed E-state index contributed by atoms with van der Waals surface area (Å²) in [5, 5.41) is 0. The number of nitrogens with zero attached hydrogens (tertiary/aromatic N) is 2. The molecule has 0 N–H and O–H groups in total. The van der Waals surface area contributed by atoms with Gasteiger partial charge in [0.2, 0.25) is 5.91 Å². The first kappa shape index (κ1) is 13.3. The van der Waals surface area contributed by atoms with Gasteiger partial charge in [-0.15, -0.1) is 0 Å². The smallest absolute Gasteiger partial charge is 0.246 e. The van der Waals surface area contributed by atoms with Gasteiger partial charge in [-0.05, 0) is 31.2 Å². The monoisotopic (exact) mass is 284 g/mol. The van der Waals surface area contributed by atoms with Gasteiger partial charge in [0.15, 0.2) is 0 Å². The van der Waals surface area contributed by atoms with E-state index in [9.17, 15) is 4.79 Å². The first-order valence-corrected chi connectivity index (χ1v) is 8.49. The van der Waals surface area contributed by atoms with Crippen LogP contribution in [0, 0.1) is 0 Å². The van der Waals surface area contributed by atoms with Crippen LogP contribution in [0.5, 0.6) is 0 Å². The second kappa shape index (κ2) is 5.45. The van der Waals surface area contributed by atoms with Gasteiger partial charge < -0.3 is 4.90 Å². The van der Waals surface area contributed by atoms with E-state index >= 15 is 0 Å². The van der Waals surface area contributed by atoms with Gasteiger partial charge in [-0.3, -0.25) is 9.69 Å². The second-order valence-electron chi connectivity index (χ2n) is 6.71. The summed E-state index contributed by atoms with van der Waals surface area (Å²) in [5.74, 6) is 0.359. The number of hydrogen-bond acceptors (Lipinski definition) is 2. The van der Waals surface area contributed by atoms with Crippen LogP contribution in [0.2, 0.25) is 0 Å². The fourth-order valence-electron chi connectivity index (χ4n) is 4.55.